The minimum atomic E-state index is -6.67. The number of hydrogen-bond donors (Lipinski definition) is 0. The zero-order valence-corrected chi connectivity index (χ0v) is 28.7. The summed E-state index contributed by atoms with van der Waals surface area (Å²) >= 11 is 0. The van der Waals surface area contributed by atoms with E-state index in [2.05, 4.69) is 4.74 Å². The number of imide groups is 2. The highest BCUT2D eigenvalue weighted by atomic mass is 19.4. The predicted octanol–water partition coefficient (Wildman–Crippen LogP) is 7.56. The SMILES string of the molecule is Cc1ccc(OCC(F)(F)C(F)(F)C(F)(F)C(F)(F)COc2cc(N3C(=O)c4ccc(C(=O)c5ccc6c(c5)C(=O)N(C)C6=O)cc4C3=O)ccc2C)cc1. The molecule has 4 amide bonds. The van der Waals surface area contributed by atoms with Crippen molar-refractivity contribution in [2.45, 2.75) is 37.5 Å². The molecule has 2 heterocycles. The van der Waals surface area contributed by atoms with E-state index in [4.69, 9.17) is 4.74 Å². The van der Waals surface area contributed by atoms with Crippen LogP contribution in [0.2, 0.25) is 0 Å². The smallest absolute Gasteiger partial charge is 0.381 e. The molecule has 286 valence electrons. The summed E-state index contributed by atoms with van der Waals surface area (Å²) in [5.74, 6) is -29.9. The van der Waals surface area contributed by atoms with E-state index >= 15 is 0 Å². The van der Waals surface area contributed by atoms with Gasteiger partial charge in [0.2, 0.25) is 0 Å². The van der Waals surface area contributed by atoms with Gasteiger partial charge < -0.3 is 9.47 Å². The Balaban J connectivity index is 1.18. The first-order valence-electron chi connectivity index (χ1n) is 16.1. The number of fused-ring (bicyclic) bond motifs is 2. The molecule has 4 aromatic rings. The van der Waals surface area contributed by atoms with Gasteiger partial charge in [0.25, 0.3) is 23.6 Å². The monoisotopic (exact) mass is 774 g/mol. The van der Waals surface area contributed by atoms with Gasteiger partial charge in [0, 0.05) is 24.2 Å². The first-order valence-corrected chi connectivity index (χ1v) is 16.1. The van der Waals surface area contributed by atoms with Crippen LogP contribution >= 0.6 is 0 Å². The summed E-state index contributed by atoms with van der Waals surface area (Å²) in [6.07, 6.45) is 0. The molecule has 0 aliphatic carbocycles. The van der Waals surface area contributed by atoms with Crippen molar-refractivity contribution in [3.05, 3.63) is 123 Å². The number of anilines is 1. The molecule has 0 saturated heterocycles. The average Bonchev–Trinajstić information content (AvgIpc) is 3.52. The number of ketones is 1. The molecular formula is C38H26F8N2O7. The topological polar surface area (TPSA) is 110 Å². The van der Waals surface area contributed by atoms with Crippen LogP contribution in [0.3, 0.4) is 0 Å². The highest BCUT2D eigenvalue weighted by Crippen LogP contribution is 2.53. The fraction of sp³-hybridized carbons (Fsp3) is 0.237. The lowest BCUT2D eigenvalue weighted by molar-refractivity contribution is -0.371. The van der Waals surface area contributed by atoms with Crippen molar-refractivity contribution in [3.63, 3.8) is 0 Å². The molecule has 6 rings (SSSR count). The Bertz CT molecular complexity index is 2290. The average molecular weight is 775 g/mol. The molecule has 0 bridgehead atoms. The molecule has 55 heavy (non-hydrogen) atoms. The maximum atomic E-state index is 14.8. The number of nitrogens with zero attached hydrogens (tertiary/aromatic N) is 2. The number of hydrogen-bond acceptors (Lipinski definition) is 7. The van der Waals surface area contributed by atoms with Gasteiger partial charge >= 0.3 is 23.7 Å². The van der Waals surface area contributed by atoms with Crippen molar-refractivity contribution in [1.82, 2.24) is 4.90 Å². The highest BCUT2D eigenvalue weighted by Gasteiger charge is 2.81. The van der Waals surface area contributed by atoms with Gasteiger partial charge in [-0.2, -0.15) is 35.1 Å². The summed E-state index contributed by atoms with van der Waals surface area (Å²) in [7, 11) is 1.27. The van der Waals surface area contributed by atoms with Crippen LogP contribution in [0.25, 0.3) is 0 Å². The number of benzene rings is 4. The van der Waals surface area contributed by atoms with Gasteiger partial charge in [-0.3, -0.25) is 28.9 Å². The van der Waals surface area contributed by atoms with E-state index in [0.29, 0.717) is 10.5 Å². The van der Waals surface area contributed by atoms with Gasteiger partial charge in [-0.05, 0) is 61.9 Å². The van der Waals surface area contributed by atoms with Crippen LogP contribution in [-0.2, 0) is 0 Å². The van der Waals surface area contributed by atoms with Crippen LogP contribution in [-0.4, -0.2) is 78.3 Å². The number of amides is 4. The lowest BCUT2D eigenvalue weighted by Gasteiger charge is -2.36. The fourth-order valence-electron chi connectivity index (χ4n) is 5.79. The van der Waals surface area contributed by atoms with Crippen LogP contribution in [0.1, 0.15) is 68.5 Å². The third-order valence-electron chi connectivity index (χ3n) is 9.09. The molecule has 9 nitrogen and oxygen atoms in total. The molecule has 17 heteroatoms. The fourth-order valence-corrected chi connectivity index (χ4v) is 5.79. The molecule has 0 saturated carbocycles. The van der Waals surface area contributed by atoms with Crippen molar-refractivity contribution in [3.8, 4) is 11.5 Å². The molecule has 0 unspecified atom stereocenters. The van der Waals surface area contributed by atoms with E-state index in [0.717, 1.165) is 47.4 Å². The third-order valence-corrected chi connectivity index (χ3v) is 9.09. The standard InChI is InChI=1S/C38H26F8N2O7/c1-19-4-10-24(11-5-19)54-17-35(39,40)37(43,44)38(45,46)36(41,42)18-55-29-16-23(9-6-20(29)2)48-33(52)26-13-8-22(15-28(26)34(48)53)30(49)21-7-12-25-27(14-21)32(51)47(3)31(25)50/h4-16H,17-18H2,1-3H3. The molecule has 0 aromatic heterocycles. The van der Waals surface area contributed by atoms with Crippen LogP contribution in [0.5, 0.6) is 11.5 Å². The van der Waals surface area contributed by atoms with Gasteiger partial charge in [0.05, 0.1) is 27.9 Å². The minimum absolute atomic E-state index is 0.00838. The first kappa shape index (κ1) is 38.6. The number of alkyl halides is 8. The molecular weight excluding hydrogens is 748 g/mol. The summed E-state index contributed by atoms with van der Waals surface area (Å²) in [5.41, 5.74) is -0.255. The Morgan fingerprint density at radius 2 is 1.05 bits per heavy atom. The second-order valence-corrected chi connectivity index (χ2v) is 12.9. The second-order valence-electron chi connectivity index (χ2n) is 12.9. The van der Waals surface area contributed by atoms with Crippen molar-refractivity contribution in [1.29, 1.82) is 0 Å². The summed E-state index contributed by atoms with van der Waals surface area (Å²) in [5, 5.41) is 0. The lowest BCUT2D eigenvalue weighted by Crippen LogP contribution is -2.65. The quantitative estimate of drug-likeness (QED) is 0.0831. The molecule has 0 radical (unpaired) electrons. The zero-order valence-electron chi connectivity index (χ0n) is 28.7. The lowest BCUT2D eigenvalue weighted by atomic mass is 9.96. The predicted molar refractivity (Wildman–Crippen MR) is 177 cm³/mol. The Hall–Kier alpha value is -6.13. The van der Waals surface area contributed by atoms with Gasteiger partial charge in [0.1, 0.15) is 11.5 Å². The number of rotatable bonds is 12. The Kier molecular flexibility index (Phi) is 9.34. The second kappa shape index (κ2) is 13.3. The van der Waals surface area contributed by atoms with Crippen LogP contribution in [0.4, 0.5) is 40.8 Å². The largest absolute Gasteiger partial charge is 0.487 e. The van der Waals surface area contributed by atoms with E-state index in [-0.39, 0.29) is 44.6 Å². The Labute approximate surface area is 306 Å². The van der Waals surface area contributed by atoms with Gasteiger partial charge in [-0.25, -0.2) is 4.90 Å². The van der Waals surface area contributed by atoms with Crippen molar-refractivity contribution >= 4 is 35.1 Å². The van der Waals surface area contributed by atoms with Crippen LogP contribution < -0.4 is 14.4 Å². The molecule has 0 atom stereocenters. The van der Waals surface area contributed by atoms with Crippen molar-refractivity contribution in [2.24, 2.45) is 0 Å². The highest BCUT2D eigenvalue weighted by molar-refractivity contribution is 6.35. The van der Waals surface area contributed by atoms with E-state index in [1.54, 1.807) is 6.92 Å². The zero-order chi connectivity index (χ0) is 40.4. The van der Waals surface area contributed by atoms with Crippen molar-refractivity contribution < 1.29 is 68.6 Å². The van der Waals surface area contributed by atoms with Crippen molar-refractivity contribution in [2.75, 3.05) is 25.2 Å². The molecule has 0 spiro atoms. The minimum Gasteiger partial charge on any atom is -0.487 e. The number of aryl methyl sites for hydroxylation is 2. The summed E-state index contributed by atoms with van der Waals surface area (Å²) in [6.45, 7) is -2.06. The Morgan fingerprint density at radius 1 is 0.582 bits per heavy atom. The third kappa shape index (κ3) is 6.36. The first-order chi connectivity index (χ1) is 25.6. The maximum absolute atomic E-state index is 14.8. The van der Waals surface area contributed by atoms with Crippen LogP contribution in [0, 0.1) is 13.8 Å². The summed E-state index contributed by atoms with van der Waals surface area (Å²) in [4.78, 5) is 66.2. The molecule has 2 aliphatic rings. The summed E-state index contributed by atoms with van der Waals surface area (Å²) < 4.78 is 126. The number of carbonyl (C=O) groups excluding carboxylic acids is 5. The van der Waals surface area contributed by atoms with Gasteiger partial charge in [-0.1, -0.05) is 35.9 Å². The molecule has 2 aliphatic heterocycles. The van der Waals surface area contributed by atoms with E-state index in [1.807, 2.05) is 0 Å². The van der Waals surface area contributed by atoms with E-state index < -0.39 is 77.8 Å². The maximum Gasteiger partial charge on any atom is 0.381 e. The number of carbonyl (C=O) groups is 5. The number of halogens is 8. The molecule has 0 fully saturated rings. The summed E-state index contributed by atoms with van der Waals surface area (Å²) in [6, 6.07) is 15.3. The normalized spacial score (nSPS) is 14.7. The Morgan fingerprint density at radius 3 is 1.62 bits per heavy atom. The van der Waals surface area contributed by atoms with Gasteiger partial charge in [-0.15, -0.1) is 0 Å². The number of ether oxygens (including phenoxy) is 2. The molecule has 0 N–H and O–H groups in total. The molecule has 4 aromatic carbocycles. The van der Waals surface area contributed by atoms with E-state index in [9.17, 15) is 59.1 Å². The van der Waals surface area contributed by atoms with Crippen LogP contribution in [0.15, 0.2) is 78.9 Å². The van der Waals surface area contributed by atoms with Gasteiger partial charge in [0.15, 0.2) is 19.0 Å². The van der Waals surface area contributed by atoms with E-state index in [1.165, 1.54) is 50.4 Å².